The van der Waals surface area contributed by atoms with Gasteiger partial charge in [-0.25, -0.2) is 0 Å². The Morgan fingerprint density at radius 3 is 2.20 bits per heavy atom. The van der Waals surface area contributed by atoms with Crippen LogP contribution in [0, 0.1) is 11.8 Å². The van der Waals surface area contributed by atoms with Crippen LogP contribution in [0.25, 0.3) is 0 Å². The Labute approximate surface area is 94.0 Å². The van der Waals surface area contributed by atoms with Gasteiger partial charge in [0.2, 0.25) is 0 Å². The standard InChI is InChI=1S/C13H25NO/c1-5-13(15)11(4)14-8-6-12(7-9-14)10(2)3/h10-12H,5-9H2,1-4H3. The van der Waals surface area contributed by atoms with Gasteiger partial charge in [-0.1, -0.05) is 20.8 Å². The number of piperidine rings is 1. The van der Waals surface area contributed by atoms with Crippen molar-refractivity contribution in [1.29, 1.82) is 0 Å². The summed E-state index contributed by atoms with van der Waals surface area (Å²) >= 11 is 0. The Balaban J connectivity index is 2.40. The minimum absolute atomic E-state index is 0.142. The second-order valence-electron chi connectivity index (χ2n) is 5.11. The molecule has 0 bridgehead atoms. The number of rotatable bonds is 4. The zero-order valence-electron chi connectivity index (χ0n) is 10.6. The first-order chi connectivity index (χ1) is 7.06. The van der Waals surface area contributed by atoms with Crippen LogP contribution >= 0.6 is 0 Å². The van der Waals surface area contributed by atoms with Crippen molar-refractivity contribution >= 4 is 5.78 Å². The van der Waals surface area contributed by atoms with Gasteiger partial charge in [-0.3, -0.25) is 9.69 Å². The molecule has 88 valence electrons. The Hall–Kier alpha value is -0.370. The van der Waals surface area contributed by atoms with Gasteiger partial charge in [-0.15, -0.1) is 0 Å². The van der Waals surface area contributed by atoms with E-state index in [-0.39, 0.29) is 6.04 Å². The first-order valence-corrected chi connectivity index (χ1v) is 6.33. The van der Waals surface area contributed by atoms with E-state index in [9.17, 15) is 4.79 Å². The molecule has 0 amide bonds. The van der Waals surface area contributed by atoms with Crippen LogP contribution in [0.15, 0.2) is 0 Å². The highest BCUT2D eigenvalue weighted by molar-refractivity contribution is 5.83. The normalized spacial score (nSPS) is 21.9. The lowest BCUT2D eigenvalue weighted by Crippen LogP contribution is -2.44. The molecule has 15 heavy (non-hydrogen) atoms. The molecule has 1 saturated heterocycles. The Morgan fingerprint density at radius 2 is 1.80 bits per heavy atom. The molecule has 0 aliphatic carbocycles. The van der Waals surface area contributed by atoms with Gasteiger partial charge in [-0.2, -0.15) is 0 Å². The molecule has 0 N–H and O–H groups in total. The fourth-order valence-electron chi connectivity index (χ4n) is 2.47. The molecular formula is C13H25NO. The highest BCUT2D eigenvalue weighted by Crippen LogP contribution is 2.25. The summed E-state index contributed by atoms with van der Waals surface area (Å²) in [6.45, 7) is 10.8. The van der Waals surface area contributed by atoms with E-state index in [0.717, 1.165) is 24.9 Å². The zero-order valence-corrected chi connectivity index (χ0v) is 10.6. The van der Waals surface area contributed by atoms with Crippen LogP contribution in [0.3, 0.4) is 0 Å². The fourth-order valence-corrected chi connectivity index (χ4v) is 2.47. The van der Waals surface area contributed by atoms with E-state index in [0.29, 0.717) is 12.2 Å². The number of nitrogens with zero attached hydrogens (tertiary/aromatic N) is 1. The summed E-state index contributed by atoms with van der Waals surface area (Å²) in [5.74, 6) is 2.05. The van der Waals surface area contributed by atoms with Crippen molar-refractivity contribution in [3.63, 3.8) is 0 Å². The number of hydrogen-bond donors (Lipinski definition) is 0. The van der Waals surface area contributed by atoms with Crippen LogP contribution < -0.4 is 0 Å². The second kappa shape index (κ2) is 5.64. The molecule has 2 heteroatoms. The predicted molar refractivity (Wildman–Crippen MR) is 63.9 cm³/mol. The number of carbonyl (C=O) groups is 1. The molecule has 0 spiro atoms. The third-order valence-electron chi connectivity index (χ3n) is 3.88. The van der Waals surface area contributed by atoms with Crippen LogP contribution in [0.5, 0.6) is 0 Å². The molecular weight excluding hydrogens is 186 g/mol. The molecule has 1 aliphatic heterocycles. The van der Waals surface area contributed by atoms with Crippen molar-refractivity contribution in [2.24, 2.45) is 11.8 Å². The van der Waals surface area contributed by atoms with Crippen molar-refractivity contribution in [2.75, 3.05) is 13.1 Å². The maximum atomic E-state index is 11.6. The molecule has 0 aromatic carbocycles. The molecule has 0 radical (unpaired) electrons. The van der Waals surface area contributed by atoms with Crippen molar-refractivity contribution in [3.05, 3.63) is 0 Å². The lowest BCUT2D eigenvalue weighted by molar-refractivity contribution is -0.124. The number of hydrogen-bond acceptors (Lipinski definition) is 2. The number of ketones is 1. The van der Waals surface area contributed by atoms with Gasteiger partial charge in [0.05, 0.1) is 6.04 Å². The predicted octanol–water partition coefficient (Wildman–Crippen LogP) is 2.72. The van der Waals surface area contributed by atoms with E-state index in [1.165, 1.54) is 12.8 Å². The van der Waals surface area contributed by atoms with Crippen molar-refractivity contribution in [2.45, 2.75) is 53.0 Å². The largest absolute Gasteiger partial charge is 0.298 e. The third-order valence-corrected chi connectivity index (χ3v) is 3.88. The summed E-state index contributed by atoms with van der Waals surface area (Å²) in [7, 11) is 0. The summed E-state index contributed by atoms with van der Waals surface area (Å²) in [6.07, 6.45) is 3.20. The molecule has 1 heterocycles. The van der Waals surface area contributed by atoms with E-state index in [2.05, 4.69) is 25.7 Å². The minimum Gasteiger partial charge on any atom is -0.298 e. The highest BCUT2D eigenvalue weighted by atomic mass is 16.1. The average molecular weight is 211 g/mol. The maximum Gasteiger partial charge on any atom is 0.149 e. The monoisotopic (exact) mass is 211 g/mol. The first kappa shape index (κ1) is 12.7. The van der Waals surface area contributed by atoms with Crippen molar-refractivity contribution in [3.8, 4) is 0 Å². The van der Waals surface area contributed by atoms with Crippen LogP contribution in [0.1, 0.15) is 47.0 Å². The maximum absolute atomic E-state index is 11.6. The van der Waals surface area contributed by atoms with E-state index >= 15 is 0 Å². The fraction of sp³-hybridized carbons (Fsp3) is 0.923. The molecule has 0 aromatic rings. The Morgan fingerprint density at radius 1 is 1.27 bits per heavy atom. The summed E-state index contributed by atoms with van der Waals surface area (Å²) < 4.78 is 0. The SMILES string of the molecule is CCC(=O)C(C)N1CCC(C(C)C)CC1. The molecule has 0 saturated carbocycles. The zero-order chi connectivity index (χ0) is 11.4. The topological polar surface area (TPSA) is 20.3 Å². The van der Waals surface area contributed by atoms with Crippen molar-refractivity contribution < 1.29 is 4.79 Å². The lowest BCUT2D eigenvalue weighted by Gasteiger charge is -2.36. The number of carbonyl (C=O) groups excluding carboxylic acids is 1. The van der Waals surface area contributed by atoms with Gasteiger partial charge >= 0.3 is 0 Å². The third kappa shape index (κ3) is 3.30. The molecule has 1 unspecified atom stereocenters. The van der Waals surface area contributed by atoms with Gasteiger partial charge in [0.25, 0.3) is 0 Å². The molecule has 1 rings (SSSR count). The van der Waals surface area contributed by atoms with E-state index < -0.39 is 0 Å². The van der Waals surface area contributed by atoms with Crippen LogP contribution in [0.2, 0.25) is 0 Å². The minimum atomic E-state index is 0.142. The van der Waals surface area contributed by atoms with Gasteiger partial charge in [0.15, 0.2) is 0 Å². The van der Waals surface area contributed by atoms with E-state index in [1.54, 1.807) is 0 Å². The van der Waals surface area contributed by atoms with Crippen molar-refractivity contribution in [1.82, 2.24) is 4.90 Å². The molecule has 1 fully saturated rings. The lowest BCUT2D eigenvalue weighted by atomic mass is 9.86. The van der Waals surface area contributed by atoms with Gasteiger partial charge in [0.1, 0.15) is 5.78 Å². The molecule has 2 nitrogen and oxygen atoms in total. The van der Waals surface area contributed by atoms with E-state index in [4.69, 9.17) is 0 Å². The number of Topliss-reactive ketones (excluding diaryl/α,β-unsaturated/α-hetero) is 1. The van der Waals surface area contributed by atoms with Gasteiger partial charge in [-0.05, 0) is 44.7 Å². The van der Waals surface area contributed by atoms with Gasteiger partial charge < -0.3 is 0 Å². The summed E-state index contributed by atoms with van der Waals surface area (Å²) in [5.41, 5.74) is 0. The molecule has 0 aromatic heterocycles. The van der Waals surface area contributed by atoms with Gasteiger partial charge in [0, 0.05) is 6.42 Å². The molecule has 1 atom stereocenters. The summed E-state index contributed by atoms with van der Waals surface area (Å²) in [6, 6.07) is 0.142. The number of likely N-dealkylation sites (tertiary alicyclic amines) is 1. The Bertz CT molecular complexity index is 205. The first-order valence-electron chi connectivity index (χ1n) is 6.33. The van der Waals surface area contributed by atoms with Crippen LogP contribution in [0.4, 0.5) is 0 Å². The Kier molecular flexibility index (Phi) is 4.78. The smallest absolute Gasteiger partial charge is 0.149 e. The summed E-state index contributed by atoms with van der Waals surface area (Å²) in [4.78, 5) is 13.9. The quantitative estimate of drug-likeness (QED) is 0.712. The van der Waals surface area contributed by atoms with Crippen LogP contribution in [-0.2, 0) is 4.79 Å². The highest BCUT2D eigenvalue weighted by Gasteiger charge is 2.26. The average Bonchev–Trinajstić information content (AvgIpc) is 2.27. The summed E-state index contributed by atoms with van der Waals surface area (Å²) in [5, 5.41) is 0. The van der Waals surface area contributed by atoms with E-state index in [1.807, 2.05) is 6.92 Å². The molecule has 1 aliphatic rings. The second-order valence-corrected chi connectivity index (χ2v) is 5.11. The van der Waals surface area contributed by atoms with Crippen LogP contribution in [-0.4, -0.2) is 29.8 Å².